The Morgan fingerprint density at radius 3 is 2.45 bits per heavy atom. The molecule has 6 fully saturated rings. The Kier molecular flexibility index (Phi) is 2.27. The lowest BCUT2D eigenvalue weighted by Crippen LogP contribution is -2.64. The van der Waals surface area contributed by atoms with Gasteiger partial charge < -0.3 is 4.74 Å². The highest BCUT2D eigenvalue weighted by atomic mass is 16.6. The van der Waals surface area contributed by atoms with E-state index in [0.29, 0.717) is 16.7 Å². The maximum atomic E-state index is 12.9. The van der Waals surface area contributed by atoms with Gasteiger partial charge in [-0.2, -0.15) is 0 Å². The van der Waals surface area contributed by atoms with Crippen molar-refractivity contribution in [1.29, 1.82) is 0 Å². The maximum Gasteiger partial charge on any atom is 0.313 e. The van der Waals surface area contributed by atoms with Gasteiger partial charge in [0.05, 0.1) is 5.41 Å². The zero-order valence-corrected chi connectivity index (χ0v) is 14.6. The molecule has 0 aromatic heterocycles. The average molecular weight is 302 g/mol. The second kappa shape index (κ2) is 3.59. The maximum absolute atomic E-state index is 12.9. The van der Waals surface area contributed by atoms with Crippen molar-refractivity contribution in [3.8, 4) is 0 Å². The Labute approximate surface area is 134 Å². The van der Waals surface area contributed by atoms with Crippen molar-refractivity contribution in [2.75, 3.05) is 0 Å². The van der Waals surface area contributed by atoms with E-state index < -0.39 is 0 Å². The molecule has 2 spiro atoms. The summed E-state index contributed by atoms with van der Waals surface area (Å²) in [6, 6.07) is 0. The molecule has 2 bridgehead atoms. The van der Waals surface area contributed by atoms with Crippen molar-refractivity contribution < 1.29 is 9.53 Å². The minimum Gasteiger partial charge on any atom is -0.459 e. The number of carbonyl (C=O) groups is 1. The Morgan fingerprint density at radius 1 is 1.05 bits per heavy atom. The SMILES string of the molecule is CC(C)[C@H]1CC[C@H]2[C@]1(C)CC[C@@]13CC[C@@](C)(OC1=O)[C@@H]1C[C@]123. The highest BCUT2D eigenvalue weighted by Crippen LogP contribution is 2.86. The molecule has 0 radical (unpaired) electrons. The van der Waals surface area contributed by atoms with E-state index in [1.54, 1.807) is 0 Å². The third kappa shape index (κ3) is 1.17. The molecule has 6 rings (SSSR count). The van der Waals surface area contributed by atoms with Crippen LogP contribution in [0.5, 0.6) is 0 Å². The molecule has 2 aliphatic heterocycles. The van der Waals surface area contributed by atoms with Crippen molar-refractivity contribution in [2.24, 2.45) is 39.9 Å². The summed E-state index contributed by atoms with van der Waals surface area (Å²) in [6.07, 6.45) is 8.60. The van der Waals surface area contributed by atoms with E-state index in [1.165, 1.54) is 25.7 Å². The molecule has 0 aromatic rings. The van der Waals surface area contributed by atoms with Gasteiger partial charge in [-0.25, -0.2) is 0 Å². The predicted molar refractivity (Wildman–Crippen MR) is 85.1 cm³/mol. The van der Waals surface area contributed by atoms with Gasteiger partial charge in [0.25, 0.3) is 0 Å². The molecule has 0 N–H and O–H groups in total. The van der Waals surface area contributed by atoms with Crippen molar-refractivity contribution in [3.63, 3.8) is 0 Å². The van der Waals surface area contributed by atoms with Gasteiger partial charge in [-0.15, -0.1) is 0 Å². The molecule has 2 heteroatoms. The van der Waals surface area contributed by atoms with Crippen molar-refractivity contribution in [3.05, 3.63) is 0 Å². The summed E-state index contributed by atoms with van der Waals surface area (Å²) in [7, 11) is 0. The Morgan fingerprint density at radius 2 is 1.77 bits per heavy atom. The quantitative estimate of drug-likeness (QED) is 0.663. The first-order valence-corrected chi connectivity index (χ1v) is 9.54. The van der Waals surface area contributed by atoms with E-state index in [0.717, 1.165) is 37.0 Å². The summed E-state index contributed by atoms with van der Waals surface area (Å²) in [6.45, 7) is 9.62. The van der Waals surface area contributed by atoms with Crippen LogP contribution in [0.2, 0.25) is 0 Å². The fraction of sp³-hybridized carbons (Fsp3) is 0.950. The fourth-order valence-electron chi connectivity index (χ4n) is 8.39. The Hall–Kier alpha value is -0.530. The van der Waals surface area contributed by atoms with Gasteiger partial charge in [0.2, 0.25) is 0 Å². The molecule has 2 heterocycles. The van der Waals surface area contributed by atoms with Gasteiger partial charge in [0.15, 0.2) is 0 Å². The monoisotopic (exact) mass is 302 g/mol. The second-order valence-electron chi connectivity index (χ2n) is 10.1. The molecule has 0 unspecified atom stereocenters. The lowest BCUT2D eigenvalue weighted by atomic mass is 9.44. The highest BCUT2D eigenvalue weighted by molar-refractivity contribution is 5.82. The van der Waals surface area contributed by atoms with Crippen LogP contribution in [0.1, 0.15) is 72.6 Å². The fourth-order valence-corrected chi connectivity index (χ4v) is 8.39. The summed E-state index contributed by atoms with van der Waals surface area (Å²) < 4.78 is 6.00. The van der Waals surface area contributed by atoms with Crippen LogP contribution >= 0.6 is 0 Å². The van der Waals surface area contributed by atoms with Crippen molar-refractivity contribution >= 4 is 5.97 Å². The van der Waals surface area contributed by atoms with E-state index in [9.17, 15) is 4.79 Å². The molecular weight excluding hydrogens is 272 g/mol. The largest absolute Gasteiger partial charge is 0.459 e. The van der Waals surface area contributed by atoms with E-state index in [2.05, 4.69) is 27.7 Å². The standard InChI is InChI=1S/C20H30O2/c1-12(2)13-5-6-14-17(13,3)7-9-19-10-8-18(4,22-16(19)21)15-11-20(14,15)19/h12-15H,5-11H2,1-4H3/t13-,14+,15+,17-,18-,19-,20-/m1/s1. The lowest BCUT2D eigenvalue weighted by Gasteiger charge is -2.62. The van der Waals surface area contributed by atoms with Crippen LogP contribution in [0.3, 0.4) is 0 Å². The molecular formula is C20H30O2. The van der Waals surface area contributed by atoms with Crippen LogP contribution in [0.25, 0.3) is 0 Å². The third-order valence-corrected chi connectivity index (χ3v) is 9.32. The van der Waals surface area contributed by atoms with Crippen LogP contribution in [-0.2, 0) is 9.53 Å². The van der Waals surface area contributed by atoms with Crippen LogP contribution in [0, 0.1) is 39.9 Å². The number of rotatable bonds is 1. The summed E-state index contributed by atoms with van der Waals surface area (Å²) in [5.41, 5.74) is 0.576. The Balaban J connectivity index is 1.63. The summed E-state index contributed by atoms with van der Waals surface area (Å²) in [5, 5.41) is 0. The number of carbonyl (C=O) groups excluding carboxylic acids is 1. The lowest BCUT2D eigenvalue weighted by molar-refractivity contribution is -0.236. The molecule has 4 aliphatic carbocycles. The summed E-state index contributed by atoms with van der Waals surface area (Å²) in [5.74, 6) is 3.27. The minimum absolute atomic E-state index is 0.0918. The van der Waals surface area contributed by atoms with Gasteiger partial charge in [-0.1, -0.05) is 20.8 Å². The predicted octanol–water partition coefficient (Wildman–Crippen LogP) is 4.57. The van der Waals surface area contributed by atoms with E-state index in [1.807, 2.05) is 0 Å². The van der Waals surface area contributed by atoms with E-state index in [-0.39, 0.29) is 17.0 Å². The van der Waals surface area contributed by atoms with Crippen LogP contribution in [0.15, 0.2) is 0 Å². The highest BCUT2D eigenvalue weighted by Gasteiger charge is 2.86. The smallest absolute Gasteiger partial charge is 0.313 e. The van der Waals surface area contributed by atoms with Crippen LogP contribution in [0.4, 0.5) is 0 Å². The third-order valence-electron chi connectivity index (χ3n) is 9.32. The zero-order chi connectivity index (χ0) is 15.5. The molecule has 22 heavy (non-hydrogen) atoms. The van der Waals surface area contributed by atoms with Gasteiger partial charge in [0, 0.05) is 5.92 Å². The van der Waals surface area contributed by atoms with Gasteiger partial charge in [-0.05, 0) is 80.5 Å². The van der Waals surface area contributed by atoms with Crippen molar-refractivity contribution in [2.45, 2.75) is 78.2 Å². The Bertz CT molecular complexity index is 568. The molecule has 2 nitrogen and oxygen atoms in total. The summed E-state index contributed by atoms with van der Waals surface area (Å²) >= 11 is 0. The minimum atomic E-state index is -0.132. The average Bonchev–Trinajstić information content (AvgIpc) is 3.11. The molecule has 6 aliphatic rings. The summed E-state index contributed by atoms with van der Waals surface area (Å²) in [4.78, 5) is 12.9. The molecule has 122 valence electrons. The van der Waals surface area contributed by atoms with Crippen molar-refractivity contribution in [1.82, 2.24) is 0 Å². The molecule has 0 aromatic carbocycles. The van der Waals surface area contributed by atoms with E-state index >= 15 is 0 Å². The number of ether oxygens (including phenoxy) is 1. The van der Waals surface area contributed by atoms with E-state index in [4.69, 9.17) is 4.74 Å². The topological polar surface area (TPSA) is 26.3 Å². The number of esters is 1. The van der Waals surface area contributed by atoms with Crippen LogP contribution < -0.4 is 0 Å². The molecule has 4 saturated carbocycles. The number of fused-ring (bicyclic) bond motifs is 3. The van der Waals surface area contributed by atoms with Gasteiger partial charge in [-0.3, -0.25) is 4.79 Å². The number of hydrogen-bond acceptors (Lipinski definition) is 2. The zero-order valence-electron chi connectivity index (χ0n) is 14.6. The van der Waals surface area contributed by atoms with Gasteiger partial charge >= 0.3 is 5.97 Å². The second-order valence-corrected chi connectivity index (χ2v) is 10.1. The molecule has 7 atom stereocenters. The first-order valence-electron chi connectivity index (χ1n) is 9.54. The van der Waals surface area contributed by atoms with Gasteiger partial charge in [0.1, 0.15) is 5.60 Å². The molecule has 2 saturated heterocycles. The first kappa shape index (κ1) is 13.9. The van der Waals surface area contributed by atoms with Crippen LogP contribution in [-0.4, -0.2) is 11.6 Å². The number of hydrogen-bond donors (Lipinski definition) is 0. The first-order chi connectivity index (χ1) is 10.3. The normalized spacial score (nSPS) is 61.5. The molecule has 0 amide bonds.